The molecule has 70 valence electrons. The molecule has 1 rings (SSSR count). The molecule has 1 aromatic carbocycles. The van der Waals surface area contributed by atoms with Gasteiger partial charge in [-0.3, -0.25) is 5.41 Å². The summed E-state index contributed by atoms with van der Waals surface area (Å²) in [4.78, 5) is 0. The second-order valence-corrected chi connectivity index (χ2v) is 2.97. The number of aryl methyl sites for hydroxylation is 1. The van der Waals surface area contributed by atoms with Crippen molar-refractivity contribution in [2.45, 2.75) is 19.3 Å². The van der Waals surface area contributed by atoms with Crippen LogP contribution in [0.4, 0.5) is 0 Å². The molecule has 0 fully saturated rings. The molecule has 0 saturated carbocycles. The fourth-order valence-corrected chi connectivity index (χ4v) is 1.20. The Labute approximate surface area is 79.1 Å². The van der Waals surface area contributed by atoms with Crippen molar-refractivity contribution < 1.29 is 4.74 Å². The van der Waals surface area contributed by atoms with E-state index in [1.54, 1.807) is 7.11 Å². The highest BCUT2D eigenvalue weighted by atomic mass is 16.5. The van der Waals surface area contributed by atoms with E-state index in [9.17, 15) is 0 Å². The lowest BCUT2D eigenvalue weighted by Gasteiger charge is -2.02. The zero-order valence-corrected chi connectivity index (χ0v) is 7.92. The van der Waals surface area contributed by atoms with Crippen LogP contribution in [0.15, 0.2) is 30.3 Å². The molecule has 0 aliphatic rings. The van der Waals surface area contributed by atoms with Crippen molar-refractivity contribution >= 4 is 5.90 Å². The average Bonchev–Trinajstić information content (AvgIpc) is 2.19. The van der Waals surface area contributed by atoms with Crippen LogP contribution in [0.3, 0.4) is 0 Å². The molecular weight excluding hydrogens is 162 g/mol. The van der Waals surface area contributed by atoms with Crippen molar-refractivity contribution in [1.82, 2.24) is 0 Å². The lowest BCUT2D eigenvalue weighted by Crippen LogP contribution is -1.99. The number of benzene rings is 1. The number of hydrogen-bond acceptors (Lipinski definition) is 2. The maximum absolute atomic E-state index is 7.28. The Balaban J connectivity index is 2.24. The minimum atomic E-state index is 0.371. The van der Waals surface area contributed by atoms with E-state index in [0.29, 0.717) is 5.90 Å². The van der Waals surface area contributed by atoms with Crippen LogP contribution in [-0.4, -0.2) is 13.0 Å². The molecule has 0 saturated heterocycles. The fraction of sp³-hybridized carbons (Fsp3) is 0.364. The van der Waals surface area contributed by atoms with Crippen molar-refractivity contribution in [2.24, 2.45) is 0 Å². The highest BCUT2D eigenvalue weighted by molar-refractivity contribution is 5.72. The number of nitrogens with one attached hydrogen (secondary N) is 1. The lowest BCUT2D eigenvalue weighted by atomic mass is 10.1. The molecule has 0 heterocycles. The van der Waals surface area contributed by atoms with Gasteiger partial charge in [-0.25, -0.2) is 0 Å². The smallest absolute Gasteiger partial charge is 0.180 e. The van der Waals surface area contributed by atoms with Gasteiger partial charge in [-0.2, -0.15) is 0 Å². The molecular formula is C11H15NO. The van der Waals surface area contributed by atoms with Gasteiger partial charge in [0.25, 0.3) is 0 Å². The molecule has 2 heteroatoms. The molecule has 1 N–H and O–H groups in total. The summed E-state index contributed by atoms with van der Waals surface area (Å²) in [5.41, 5.74) is 1.33. The second kappa shape index (κ2) is 5.36. The topological polar surface area (TPSA) is 33.1 Å². The van der Waals surface area contributed by atoms with Gasteiger partial charge in [0.1, 0.15) is 0 Å². The van der Waals surface area contributed by atoms with Crippen LogP contribution < -0.4 is 0 Å². The first-order valence-electron chi connectivity index (χ1n) is 4.48. The Kier molecular flexibility index (Phi) is 4.03. The molecule has 0 bridgehead atoms. The van der Waals surface area contributed by atoms with Crippen LogP contribution >= 0.6 is 0 Å². The molecule has 0 unspecified atom stereocenters. The normalized spacial score (nSPS) is 9.62. The van der Waals surface area contributed by atoms with Crippen molar-refractivity contribution in [2.75, 3.05) is 7.11 Å². The van der Waals surface area contributed by atoms with E-state index in [2.05, 4.69) is 12.1 Å². The van der Waals surface area contributed by atoms with Crippen molar-refractivity contribution in [3.05, 3.63) is 35.9 Å². The SMILES string of the molecule is COC(=N)CCCc1ccccc1. The van der Waals surface area contributed by atoms with Crippen LogP contribution in [-0.2, 0) is 11.2 Å². The molecule has 0 aromatic heterocycles. The number of rotatable bonds is 4. The lowest BCUT2D eigenvalue weighted by molar-refractivity contribution is 0.384. The third-order valence-electron chi connectivity index (χ3n) is 1.96. The zero-order chi connectivity index (χ0) is 9.52. The molecule has 2 nitrogen and oxygen atoms in total. The molecule has 0 spiro atoms. The van der Waals surface area contributed by atoms with Crippen molar-refractivity contribution in [3.63, 3.8) is 0 Å². The maximum atomic E-state index is 7.28. The van der Waals surface area contributed by atoms with Gasteiger partial charge in [-0.15, -0.1) is 0 Å². The van der Waals surface area contributed by atoms with Gasteiger partial charge < -0.3 is 4.74 Å². The highest BCUT2D eigenvalue weighted by Crippen LogP contribution is 2.04. The Morgan fingerprint density at radius 3 is 2.62 bits per heavy atom. The van der Waals surface area contributed by atoms with Crippen LogP contribution in [0.1, 0.15) is 18.4 Å². The van der Waals surface area contributed by atoms with Gasteiger partial charge in [0.05, 0.1) is 7.11 Å². The highest BCUT2D eigenvalue weighted by Gasteiger charge is 1.96. The minimum absolute atomic E-state index is 0.371. The van der Waals surface area contributed by atoms with E-state index >= 15 is 0 Å². The number of methoxy groups -OCH3 is 1. The van der Waals surface area contributed by atoms with E-state index < -0.39 is 0 Å². The molecule has 0 aliphatic carbocycles. The molecule has 0 radical (unpaired) electrons. The third-order valence-corrected chi connectivity index (χ3v) is 1.96. The van der Waals surface area contributed by atoms with E-state index in [1.165, 1.54) is 5.56 Å². The summed E-state index contributed by atoms with van der Waals surface area (Å²) in [7, 11) is 1.55. The van der Waals surface area contributed by atoms with E-state index in [1.807, 2.05) is 18.2 Å². The number of hydrogen-bond donors (Lipinski definition) is 1. The largest absolute Gasteiger partial charge is 0.484 e. The third kappa shape index (κ3) is 3.74. The minimum Gasteiger partial charge on any atom is -0.484 e. The summed E-state index contributed by atoms with van der Waals surface area (Å²) in [6.45, 7) is 0. The zero-order valence-electron chi connectivity index (χ0n) is 7.92. The Bertz CT molecular complexity index is 256. The monoisotopic (exact) mass is 177 g/mol. The standard InChI is InChI=1S/C11H15NO/c1-13-11(12)9-5-8-10-6-3-2-4-7-10/h2-4,6-7,12H,5,8-9H2,1H3. The van der Waals surface area contributed by atoms with Gasteiger partial charge in [0, 0.05) is 6.42 Å². The summed E-state index contributed by atoms with van der Waals surface area (Å²) in [5.74, 6) is 0.371. The first kappa shape index (κ1) is 9.78. The summed E-state index contributed by atoms with van der Waals surface area (Å²) in [5, 5.41) is 7.28. The Hall–Kier alpha value is -1.31. The first-order valence-corrected chi connectivity index (χ1v) is 4.48. The van der Waals surface area contributed by atoms with E-state index in [4.69, 9.17) is 10.1 Å². The summed E-state index contributed by atoms with van der Waals surface area (Å²) >= 11 is 0. The first-order chi connectivity index (χ1) is 6.33. The van der Waals surface area contributed by atoms with Crippen LogP contribution in [0.5, 0.6) is 0 Å². The Morgan fingerprint density at radius 2 is 2.00 bits per heavy atom. The van der Waals surface area contributed by atoms with E-state index in [-0.39, 0.29) is 0 Å². The van der Waals surface area contributed by atoms with Crippen LogP contribution in [0.25, 0.3) is 0 Å². The maximum Gasteiger partial charge on any atom is 0.180 e. The summed E-state index contributed by atoms with van der Waals surface area (Å²) < 4.78 is 4.77. The second-order valence-electron chi connectivity index (χ2n) is 2.97. The molecule has 0 amide bonds. The van der Waals surface area contributed by atoms with Crippen LogP contribution in [0, 0.1) is 5.41 Å². The summed E-state index contributed by atoms with van der Waals surface area (Å²) in [6.07, 6.45) is 2.73. The average molecular weight is 177 g/mol. The molecule has 1 aromatic rings. The molecule has 0 atom stereocenters. The number of ether oxygens (including phenoxy) is 1. The fourth-order valence-electron chi connectivity index (χ4n) is 1.20. The van der Waals surface area contributed by atoms with Crippen molar-refractivity contribution in [1.29, 1.82) is 5.41 Å². The predicted molar refractivity (Wildman–Crippen MR) is 54.1 cm³/mol. The predicted octanol–water partition coefficient (Wildman–Crippen LogP) is 2.63. The van der Waals surface area contributed by atoms with Gasteiger partial charge in [-0.1, -0.05) is 30.3 Å². The Morgan fingerprint density at radius 1 is 1.31 bits per heavy atom. The van der Waals surface area contributed by atoms with Crippen molar-refractivity contribution in [3.8, 4) is 0 Å². The molecule has 0 aliphatic heterocycles. The van der Waals surface area contributed by atoms with Gasteiger partial charge in [0.2, 0.25) is 0 Å². The molecule has 13 heavy (non-hydrogen) atoms. The van der Waals surface area contributed by atoms with Crippen LogP contribution in [0.2, 0.25) is 0 Å². The van der Waals surface area contributed by atoms with Gasteiger partial charge in [0.15, 0.2) is 5.90 Å². The van der Waals surface area contributed by atoms with Gasteiger partial charge in [-0.05, 0) is 18.4 Å². The van der Waals surface area contributed by atoms with E-state index in [0.717, 1.165) is 19.3 Å². The summed E-state index contributed by atoms with van der Waals surface area (Å²) in [6, 6.07) is 10.3. The quantitative estimate of drug-likeness (QED) is 0.556. The van der Waals surface area contributed by atoms with Gasteiger partial charge >= 0.3 is 0 Å².